The lowest BCUT2D eigenvalue weighted by Gasteiger charge is -2.24. The number of fused-ring (bicyclic) bond motifs is 1. The Balaban J connectivity index is 1.37. The van der Waals surface area contributed by atoms with Gasteiger partial charge in [-0.25, -0.2) is 15.0 Å². The van der Waals surface area contributed by atoms with Crippen molar-refractivity contribution in [2.75, 3.05) is 30.2 Å². The molecule has 0 aliphatic rings. The summed E-state index contributed by atoms with van der Waals surface area (Å²) in [5.41, 5.74) is 6.95. The summed E-state index contributed by atoms with van der Waals surface area (Å²) >= 11 is 1.90. The van der Waals surface area contributed by atoms with E-state index in [1.807, 2.05) is 18.7 Å². The Labute approximate surface area is 260 Å². The van der Waals surface area contributed by atoms with Gasteiger partial charge in [0.2, 0.25) is 0 Å². The number of thioether (sulfide) groups is 1. The fraction of sp³-hybridized carbons (Fsp3) is 0.833. The van der Waals surface area contributed by atoms with Crippen molar-refractivity contribution in [1.29, 1.82) is 0 Å². The lowest BCUT2D eigenvalue weighted by molar-refractivity contribution is 0.0718. The molecule has 12 heteroatoms. The minimum Gasteiger partial charge on any atom is -0.382 e. The second kappa shape index (κ2) is 20.1. The van der Waals surface area contributed by atoms with Gasteiger partial charge in [-0.05, 0) is 37.2 Å². The van der Waals surface area contributed by atoms with Crippen LogP contribution in [-0.2, 0) is 20.4 Å². The first-order chi connectivity index (χ1) is 20.0. The number of hydrogen-bond donors (Lipinski definition) is 2. The number of anilines is 1. The van der Waals surface area contributed by atoms with E-state index in [-0.39, 0.29) is 19.1 Å². The summed E-state index contributed by atoms with van der Waals surface area (Å²) in [5.74, 6) is 3.26. The lowest BCUT2D eigenvalue weighted by Crippen LogP contribution is -2.26. The van der Waals surface area contributed by atoms with Crippen LogP contribution in [0.5, 0.6) is 0 Å². The summed E-state index contributed by atoms with van der Waals surface area (Å²) in [4.78, 5) is 22.5. The maximum absolute atomic E-state index is 12.3. The van der Waals surface area contributed by atoms with Gasteiger partial charge in [0.1, 0.15) is 18.2 Å². The molecule has 0 saturated heterocycles. The number of aromatic nitrogens is 4. The third-order valence-electron chi connectivity index (χ3n) is 7.48. The van der Waals surface area contributed by atoms with Crippen LogP contribution in [0.25, 0.3) is 11.2 Å². The van der Waals surface area contributed by atoms with Crippen LogP contribution in [0.1, 0.15) is 91.4 Å². The van der Waals surface area contributed by atoms with Crippen LogP contribution >= 0.6 is 19.4 Å². The first-order valence-electron chi connectivity index (χ1n) is 16.1. The Bertz CT molecular complexity index is 1060. The molecule has 2 atom stereocenters. The Hall–Kier alpha value is -0.973. The Kier molecular flexibility index (Phi) is 17.8. The first kappa shape index (κ1) is 37.2. The van der Waals surface area contributed by atoms with Gasteiger partial charge in [0.05, 0.1) is 25.6 Å². The maximum Gasteiger partial charge on any atom is 0.353 e. The molecule has 2 aromatic rings. The largest absolute Gasteiger partial charge is 0.382 e. The number of ether oxygens (including phenoxy) is 1. The average Bonchev–Trinajstić information content (AvgIpc) is 3.32. The lowest BCUT2D eigenvalue weighted by atomic mass is 10.1. The zero-order valence-electron chi connectivity index (χ0n) is 26.9. The zero-order valence-corrected chi connectivity index (χ0v) is 29.6. The van der Waals surface area contributed by atoms with Gasteiger partial charge < -0.3 is 24.5 Å². The first-order valence-corrected chi connectivity index (χ1v) is 22.4. The molecule has 0 spiro atoms. The molecule has 1 unspecified atom stereocenters. The number of rotatable bonds is 25. The fourth-order valence-corrected chi connectivity index (χ4v) is 11.0. The summed E-state index contributed by atoms with van der Waals surface area (Å²) in [6, 6.07) is 2.98. The molecule has 9 nitrogen and oxygen atoms in total. The Morgan fingerprint density at radius 2 is 1.57 bits per heavy atom. The van der Waals surface area contributed by atoms with Gasteiger partial charge in [0.25, 0.3) is 0 Å². The minimum atomic E-state index is -3.79. The molecule has 0 aliphatic carbocycles. The Morgan fingerprint density at radius 3 is 2.24 bits per heavy atom. The van der Waals surface area contributed by atoms with Crippen molar-refractivity contribution in [1.82, 2.24) is 19.5 Å². The van der Waals surface area contributed by atoms with Crippen LogP contribution < -0.4 is 5.73 Å². The van der Waals surface area contributed by atoms with E-state index >= 15 is 0 Å². The summed E-state index contributed by atoms with van der Waals surface area (Å²) in [6.45, 7) is 12.4. The minimum absolute atomic E-state index is 0.262. The van der Waals surface area contributed by atoms with E-state index in [9.17, 15) is 9.46 Å². The van der Waals surface area contributed by atoms with Crippen LogP contribution in [0.2, 0.25) is 25.2 Å². The highest BCUT2D eigenvalue weighted by Crippen LogP contribution is 2.42. The van der Waals surface area contributed by atoms with E-state index < -0.39 is 15.7 Å². The number of nitrogen functional groups attached to an aromatic ring is 1. The molecular weight excluding hydrogens is 585 g/mol. The van der Waals surface area contributed by atoms with E-state index in [0.29, 0.717) is 23.5 Å². The predicted molar refractivity (Wildman–Crippen MR) is 181 cm³/mol. The van der Waals surface area contributed by atoms with Crippen molar-refractivity contribution < 1.29 is 18.7 Å². The highest BCUT2D eigenvalue weighted by atomic mass is 32.2. The number of unbranched alkanes of at least 4 members (excludes halogenated alkanes) is 9. The molecule has 0 fully saturated rings. The average molecular weight is 644 g/mol. The van der Waals surface area contributed by atoms with Crippen molar-refractivity contribution in [2.24, 2.45) is 5.92 Å². The van der Waals surface area contributed by atoms with Gasteiger partial charge in [-0.1, -0.05) is 96.8 Å². The van der Waals surface area contributed by atoms with Gasteiger partial charge in [0.15, 0.2) is 11.5 Å². The third-order valence-corrected chi connectivity index (χ3v) is 13.3. The van der Waals surface area contributed by atoms with Crippen LogP contribution in [0.15, 0.2) is 12.7 Å². The van der Waals surface area contributed by atoms with Gasteiger partial charge in [-0.2, -0.15) is 11.8 Å². The van der Waals surface area contributed by atoms with Gasteiger partial charge in [0, 0.05) is 8.07 Å². The topological polar surface area (TPSA) is 125 Å². The van der Waals surface area contributed by atoms with Gasteiger partial charge in [-0.3, -0.25) is 4.57 Å². The van der Waals surface area contributed by atoms with Crippen molar-refractivity contribution in [3.63, 3.8) is 0 Å². The molecule has 2 aromatic heterocycles. The molecule has 0 aromatic carbocycles. The third kappa shape index (κ3) is 16.2. The fourth-order valence-electron chi connectivity index (χ4n) is 5.52. The molecule has 0 aliphatic heterocycles. The highest BCUT2D eigenvalue weighted by molar-refractivity contribution is 7.99. The smallest absolute Gasteiger partial charge is 0.353 e. The molecular formula is C30H58N5O4PSSi. The molecule has 242 valence electrons. The summed E-state index contributed by atoms with van der Waals surface area (Å²) in [6.07, 6.45) is 16.8. The van der Waals surface area contributed by atoms with Gasteiger partial charge in [-0.15, -0.1) is 0 Å². The molecule has 3 N–H and O–H groups in total. The highest BCUT2D eigenvalue weighted by Gasteiger charge is 2.22. The van der Waals surface area contributed by atoms with E-state index in [2.05, 4.69) is 41.9 Å². The maximum atomic E-state index is 12.3. The molecule has 42 heavy (non-hydrogen) atoms. The van der Waals surface area contributed by atoms with Crippen LogP contribution in [-0.4, -0.2) is 63.1 Å². The predicted octanol–water partition coefficient (Wildman–Crippen LogP) is 8.36. The number of nitrogens with zero attached hydrogens (tertiary/aromatic N) is 4. The second-order valence-corrected chi connectivity index (χ2v) is 21.2. The molecule has 0 radical (unpaired) electrons. The molecule has 0 bridgehead atoms. The van der Waals surface area contributed by atoms with Crippen LogP contribution in [0, 0.1) is 5.92 Å². The monoisotopic (exact) mass is 643 g/mol. The van der Waals surface area contributed by atoms with Crippen molar-refractivity contribution >= 4 is 44.4 Å². The summed E-state index contributed by atoms with van der Waals surface area (Å²) < 4.78 is 25.0. The van der Waals surface area contributed by atoms with Crippen molar-refractivity contribution in [2.45, 2.75) is 129 Å². The van der Waals surface area contributed by atoms with E-state index in [1.165, 1.54) is 82.6 Å². The molecule has 2 rings (SSSR count). The molecule has 0 amide bonds. The van der Waals surface area contributed by atoms with Crippen LogP contribution in [0.3, 0.4) is 0 Å². The number of imidazole rings is 1. The standard InChI is InChI=1S/C30H58N5O4PSSi/c1-26(2)22-42(4,5)20-15-13-11-9-7-6-8-10-12-14-18-41-19-16-17-39-40(36,37)25-38-27(3)21-35-24-34-28-29(31)32-23-33-30(28)35/h23-24,26-27H,6-22,25H2,1-5H3,(H,36,37)(H2,31,32,33)/t27-/m1/s1. The number of nitrogens with two attached hydrogens (primary N) is 1. The van der Waals surface area contributed by atoms with Crippen molar-refractivity contribution in [3.8, 4) is 0 Å². The zero-order chi connectivity index (χ0) is 30.8. The Morgan fingerprint density at radius 1 is 0.952 bits per heavy atom. The van der Waals surface area contributed by atoms with E-state index in [0.717, 1.165) is 23.8 Å². The van der Waals surface area contributed by atoms with E-state index in [1.54, 1.807) is 10.9 Å². The second-order valence-electron chi connectivity index (χ2n) is 12.9. The van der Waals surface area contributed by atoms with Crippen LogP contribution in [0.4, 0.5) is 5.82 Å². The molecule has 2 heterocycles. The number of hydrogen-bond acceptors (Lipinski definition) is 8. The summed E-state index contributed by atoms with van der Waals surface area (Å²) in [7, 11) is -4.74. The van der Waals surface area contributed by atoms with Crippen molar-refractivity contribution in [3.05, 3.63) is 12.7 Å². The van der Waals surface area contributed by atoms with E-state index in [4.69, 9.17) is 15.0 Å². The summed E-state index contributed by atoms with van der Waals surface area (Å²) in [5, 5.41) is 0. The quantitative estimate of drug-likeness (QED) is 0.0623. The normalized spacial score (nSPS) is 14.5. The SMILES string of the molecule is CC(C)C[Si](C)(C)CCCCCCCCCCCCSCCCOP(=O)(O)CO[C@H](C)Cn1cnc2c(N)ncnc21. The van der Waals surface area contributed by atoms with Gasteiger partial charge >= 0.3 is 7.60 Å². The molecule has 0 saturated carbocycles.